The molecule has 1 heterocycles. The van der Waals surface area contributed by atoms with Crippen LogP contribution in [0.3, 0.4) is 0 Å². The normalized spacial score (nSPS) is 23.5. The summed E-state index contributed by atoms with van der Waals surface area (Å²) in [5.74, 6) is -4.82. The summed E-state index contributed by atoms with van der Waals surface area (Å²) in [5.41, 5.74) is -0.703. The Labute approximate surface area is 200 Å². The SMILES string of the molecule is CC1(C[C@H](NC(=O)C(=O)NC2(C)CC2)C(=O)N[C@@H](C[C@@H]2CCNC2=O)C(=O)COC(F)(F)F)CC1. The van der Waals surface area contributed by atoms with Gasteiger partial charge in [-0.05, 0) is 57.3 Å². The highest BCUT2D eigenvalue weighted by Crippen LogP contribution is 2.48. The highest BCUT2D eigenvalue weighted by atomic mass is 19.4. The molecule has 1 aliphatic heterocycles. The first-order valence-electron chi connectivity index (χ1n) is 11.6. The van der Waals surface area contributed by atoms with E-state index in [0.717, 1.165) is 25.7 Å². The van der Waals surface area contributed by atoms with Gasteiger partial charge < -0.3 is 21.3 Å². The van der Waals surface area contributed by atoms with E-state index in [1.54, 1.807) is 6.92 Å². The summed E-state index contributed by atoms with van der Waals surface area (Å²) < 4.78 is 41.0. The van der Waals surface area contributed by atoms with E-state index in [1.165, 1.54) is 0 Å². The number of carbonyl (C=O) groups excluding carboxylic acids is 5. The minimum atomic E-state index is -5.04. The van der Waals surface area contributed by atoms with Gasteiger partial charge in [0.15, 0.2) is 5.78 Å². The van der Waals surface area contributed by atoms with Crippen LogP contribution in [0.5, 0.6) is 0 Å². The Balaban J connectivity index is 1.69. The Bertz CT molecular complexity index is 885. The van der Waals surface area contributed by atoms with E-state index in [1.807, 2.05) is 6.92 Å². The molecule has 2 aliphatic carbocycles. The van der Waals surface area contributed by atoms with Gasteiger partial charge in [-0.15, -0.1) is 13.2 Å². The first kappa shape index (κ1) is 26.9. The predicted molar refractivity (Wildman–Crippen MR) is 114 cm³/mol. The molecule has 0 radical (unpaired) electrons. The van der Waals surface area contributed by atoms with Gasteiger partial charge >= 0.3 is 18.2 Å². The van der Waals surface area contributed by atoms with Gasteiger partial charge in [0.25, 0.3) is 0 Å². The van der Waals surface area contributed by atoms with Crippen molar-refractivity contribution in [2.24, 2.45) is 11.3 Å². The summed E-state index contributed by atoms with van der Waals surface area (Å²) in [7, 11) is 0. The van der Waals surface area contributed by atoms with Crippen molar-refractivity contribution in [1.82, 2.24) is 21.3 Å². The fourth-order valence-electron chi connectivity index (χ4n) is 3.94. The number of Topliss-reactive ketones (excluding diaryl/α,β-unsaturated/α-hetero) is 1. The molecule has 2 saturated carbocycles. The maximum absolute atomic E-state index is 13.1. The number of carbonyl (C=O) groups is 5. The molecule has 0 aromatic carbocycles. The summed E-state index contributed by atoms with van der Waals surface area (Å²) in [6.07, 6.45) is -1.68. The number of hydrogen-bond donors (Lipinski definition) is 4. The van der Waals surface area contributed by atoms with E-state index >= 15 is 0 Å². The van der Waals surface area contributed by atoms with Crippen LogP contribution in [0.15, 0.2) is 0 Å². The average Bonchev–Trinajstić information content (AvgIpc) is 3.63. The third-order valence-electron chi connectivity index (χ3n) is 6.81. The molecule has 3 aliphatic rings. The number of hydrogen-bond acceptors (Lipinski definition) is 6. The van der Waals surface area contributed by atoms with Crippen LogP contribution in [-0.2, 0) is 28.7 Å². The number of nitrogens with one attached hydrogen (secondary N) is 4. The lowest BCUT2D eigenvalue weighted by molar-refractivity contribution is -0.321. The molecule has 4 amide bonds. The van der Waals surface area contributed by atoms with Crippen molar-refractivity contribution in [2.45, 2.75) is 82.8 Å². The lowest BCUT2D eigenvalue weighted by atomic mass is 9.94. The van der Waals surface area contributed by atoms with Crippen molar-refractivity contribution in [3.63, 3.8) is 0 Å². The second-order valence-electron chi connectivity index (χ2n) is 10.3. The first-order chi connectivity index (χ1) is 16.2. The Morgan fingerprint density at radius 3 is 2.23 bits per heavy atom. The molecule has 10 nitrogen and oxygen atoms in total. The average molecular weight is 505 g/mol. The van der Waals surface area contributed by atoms with Crippen LogP contribution in [0.4, 0.5) is 13.2 Å². The fraction of sp³-hybridized carbons (Fsp3) is 0.773. The highest BCUT2D eigenvalue weighted by Gasteiger charge is 2.44. The Kier molecular flexibility index (Phi) is 7.77. The van der Waals surface area contributed by atoms with Crippen LogP contribution >= 0.6 is 0 Å². The largest absolute Gasteiger partial charge is 0.522 e. The third-order valence-corrected chi connectivity index (χ3v) is 6.81. The summed E-state index contributed by atoms with van der Waals surface area (Å²) >= 11 is 0. The van der Waals surface area contributed by atoms with Crippen molar-refractivity contribution in [3.8, 4) is 0 Å². The van der Waals surface area contributed by atoms with Gasteiger partial charge in [0.05, 0.1) is 6.04 Å². The van der Waals surface area contributed by atoms with Gasteiger partial charge in [0.1, 0.15) is 12.6 Å². The van der Waals surface area contributed by atoms with Crippen molar-refractivity contribution in [2.75, 3.05) is 13.2 Å². The molecule has 35 heavy (non-hydrogen) atoms. The smallest absolute Gasteiger partial charge is 0.356 e. The second-order valence-corrected chi connectivity index (χ2v) is 10.3. The monoisotopic (exact) mass is 504 g/mol. The topological polar surface area (TPSA) is 143 Å². The summed E-state index contributed by atoms with van der Waals surface area (Å²) in [6.45, 7) is 2.69. The first-order valence-corrected chi connectivity index (χ1v) is 11.6. The molecule has 3 atom stereocenters. The molecule has 1 saturated heterocycles. The van der Waals surface area contributed by atoms with Crippen molar-refractivity contribution >= 4 is 29.4 Å². The van der Waals surface area contributed by atoms with Crippen LogP contribution in [0.25, 0.3) is 0 Å². The lowest BCUT2D eigenvalue weighted by Crippen LogP contribution is -2.56. The van der Waals surface area contributed by atoms with Gasteiger partial charge in [0.2, 0.25) is 11.8 Å². The van der Waals surface area contributed by atoms with Gasteiger partial charge in [-0.1, -0.05) is 6.92 Å². The number of ether oxygens (including phenoxy) is 1. The maximum Gasteiger partial charge on any atom is 0.522 e. The zero-order valence-electron chi connectivity index (χ0n) is 19.7. The second kappa shape index (κ2) is 10.1. The van der Waals surface area contributed by atoms with E-state index in [2.05, 4.69) is 26.0 Å². The summed E-state index contributed by atoms with van der Waals surface area (Å²) in [5, 5.41) is 9.96. The molecular weight excluding hydrogens is 473 g/mol. The number of halogens is 3. The molecule has 0 spiro atoms. The molecule has 0 bridgehead atoms. The zero-order chi connectivity index (χ0) is 26.0. The molecule has 3 rings (SSSR count). The van der Waals surface area contributed by atoms with Crippen molar-refractivity contribution < 1.29 is 41.9 Å². The van der Waals surface area contributed by atoms with E-state index < -0.39 is 60.0 Å². The van der Waals surface area contributed by atoms with Gasteiger partial charge in [-0.3, -0.25) is 28.7 Å². The molecule has 196 valence electrons. The summed E-state index contributed by atoms with van der Waals surface area (Å²) in [6, 6.07) is -2.63. The molecule has 13 heteroatoms. The standard InChI is InChI=1S/C22H31F3N4O6/c1-20(4-5-20)10-14(28-18(33)19(34)29-21(2)6-7-21)17(32)27-13(9-12-3-8-26-16(12)31)15(30)11-35-22(23,24)25/h12-14H,3-11H2,1-2H3,(H,26,31)(H,27,32)(H,28,33)(H,29,34)/t12-,13-,14-/m0/s1. The Hall–Kier alpha value is -2.70. The van der Waals surface area contributed by atoms with Gasteiger partial charge in [-0.2, -0.15) is 0 Å². The number of amides is 4. The van der Waals surface area contributed by atoms with Crippen LogP contribution in [0.2, 0.25) is 0 Å². The molecule has 0 aromatic rings. The van der Waals surface area contributed by atoms with Crippen LogP contribution < -0.4 is 21.3 Å². The molecule has 4 N–H and O–H groups in total. The predicted octanol–water partition coefficient (Wildman–Crippen LogP) is 0.447. The quantitative estimate of drug-likeness (QED) is 0.301. The molecule has 0 unspecified atom stereocenters. The highest BCUT2D eigenvalue weighted by molar-refractivity contribution is 6.35. The number of alkyl halides is 3. The van der Waals surface area contributed by atoms with E-state index in [9.17, 15) is 37.1 Å². The van der Waals surface area contributed by atoms with Crippen LogP contribution in [0.1, 0.15) is 58.8 Å². The molecule has 0 aromatic heterocycles. The zero-order valence-corrected chi connectivity index (χ0v) is 19.7. The Morgan fingerprint density at radius 2 is 1.71 bits per heavy atom. The lowest BCUT2D eigenvalue weighted by Gasteiger charge is -2.26. The maximum atomic E-state index is 13.1. The molecule has 3 fully saturated rings. The van der Waals surface area contributed by atoms with E-state index in [4.69, 9.17) is 0 Å². The minimum Gasteiger partial charge on any atom is -0.356 e. The number of rotatable bonds is 11. The third kappa shape index (κ3) is 8.18. The van der Waals surface area contributed by atoms with E-state index in [0.29, 0.717) is 13.0 Å². The van der Waals surface area contributed by atoms with Crippen molar-refractivity contribution in [3.05, 3.63) is 0 Å². The minimum absolute atomic E-state index is 0.180. The molecular formula is C22H31F3N4O6. The number of ketones is 1. The van der Waals surface area contributed by atoms with E-state index in [-0.39, 0.29) is 24.2 Å². The fourth-order valence-corrected chi connectivity index (χ4v) is 3.94. The summed E-state index contributed by atoms with van der Waals surface area (Å²) in [4.78, 5) is 62.3. The van der Waals surface area contributed by atoms with Gasteiger partial charge in [0, 0.05) is 18.0 Å². The van der Waals surface area contributed by atoms with Gasteiger partial charge in [-0.25, -0.2) is 0 Å². The van der Waals surface area contributed by atoms with Crippen LogP contribution in [0, 0.1) is 11.3 Å². The van der Waals surface area contributed by atoms with Crippen LogP contribution in [-0.4, -0.2) is 66.5 Å². The Morgan fingerprint density at radius 1 is 1.06 bits per heavy atom. The van der Waals surface area contributed by atoms with Crippen molar-refractivity contribution in [1.29, 1.82) is 0 Å².